The van der Waals surface area contributed by atoms with Crippen LogP contribution < -0.4 is 5.73 Å². The van der Waals surface area contributed by atoms with E-state index in [4.69, 9.17) is 10.5 Å². The second-order valence-electron chi connectivity index (χ2n) is 4.29. The van der Waals surface area contributed by atoms with Gasteiger partial charge in [-0.25, -0.2) is 0 Å². The van der Waals surface area contributed by atoms with Crippen molar-refractivity contribution in [1.29, 1.82) is 0 Å². The van der Waals surface area contributed by atoms with E-state index in [2.05, 4.69) is 6.92 Å². The van der Waals surface area contributed by atoms with Crippen molar-refractivity contribution >= 4 is 23.4 Å². The average molecular weight is 267 g/mol. The molecule has 2 N–H and O–H groups in total. The van der Waals surface area contributed by atoms with Crippen LogP contribution in [0.25, 0.3) is 0 Å². The van der Waals surface area contributed by atoms with Gasteiger partial charge in [-0.2, -0.15) is 0 Å². The first-order chi connectivity index (χ1) is 8.58. The Morgan fingerprint density at radius 2 is 2.22 bits per heavy atom. The Labute approximate surface area is 113 Å². The van der Waals surface area contributed by atoms with Crippen molar-refractivity contribution in [3.8, 4) is 0 Å². The summed E-state index contributed by atoms with van der Waals surface area (Å²) in [5.74, 6) is -0.150. The molecule has 0 amide bonds. The van der Waals surface area contributed by atoms with Gasteiger partial charge in [-0.15, -0.1) is 11.8 Å². The van der Waals surface area contributed by atoms with Crippen LogP contribution in [0.5, 0.6) is 0 Å². The number of benzene rings is 1. The van der Waals surface area contributed by atoms with Gasteiger partial charge in [0.15, 0.2) is 0 Å². The summed E-state index contributed by atoms with van der Waals surface area (Å²) in [5, 5.41) is -0.127. The first-order valence-electron chi connectivity index (χ1n) is 6.19. The van der Waals surface area contributed by atoms with Gasteiger partial charge in [-0.3, -0.25) is 4.79 Å². The van der Waals surface area contributed by atoms with Crippen LogP contribution in [-0.4, -0.2) is 18.3 Å². The molecule has 1 unspecified atom stereocenters. The molecular formula is C14H21NO2S. The summed E-state index contributed by atoms with van der Waals surface area (Å²) in [6.45, 7) is 4.09. The number of aryl methyl sites for hydroxylation is 1. The molecule has 0 saturated carbocycles. The Hall–Kier alpha value is -1.16. The highest BCUT2D eigenvalue weighted by Crippen LogP contribution is 2.29. The number of hydrogen-bond donors (Lipinski definition) is 1. The lowest BCUT2D eigenvalue weighted by atomic mass is 10.2. The summed E-state index contributed by atoms with van der Waals surface area (Å²) < 4.78 is 4.85. The SMILES string of the molecule is CCCCC(Sc1ccc(N)c(C)c1)C(=O)OC. The Bertz CT molecular complexity index is 407. The molecule has 3 nitrogen and oxygen atoms in total. The van der Waals surface area contributed by atoms with Crippen molar-refractivity contribution < 1.29 is 9.53 Å². The molecule has 0 aromatic heterocycles. The van der Waals surface area contributed by atoms with E-state index in [-0.39, 0.29) is 11.2 Å². The van der Waals surface area contributed by atoms with Crippen LogP contribution in [-0.2, 0) is 9.53 Å². The largest absolute Gasteiger partial charge is 0.468 e. The highest BCUT2D eigenvalue weighted by atomic mass is 32.2. The number of anilines is 1. The number of carbonyl (C=O) groups excluding carboxylic acids is 1. The summed E-state index contributed by atoms with van der Waals surface area (Å²) in [6, 6.07) is 5.85. The van der Waals surface area contributed by atoms with Crippen LogP contribution in [0.15, 0.2) is 23.1 Å². The minimum atomic E-state index is -0.150. The van der Waals surface area contributed by atoms with E-state index in [1.54, 1.807) is 11.8 Å². The van der Waals surface area contributed by atoms with Crippen LogP contribution in [0.1, 0.15) is 31.7 Å². The van der Waals surface area contributed by atoms with Crippen LogP contribution >= 0.6 is 11.8 Å². The van der Waals surface area contributed by atoms with Gasteiger partial charge in [0.05, 0.1) is 7.11 Å². The van der Waals surface area contributed by atoms with Crippen LogP contribution in [0, 0.1) is 6.92 Å². The van der Waals surface area contributed by atoms with Crippen LogP contribution in [0.4, 0.5) is 5.69 Å². The fourth-order valence-corrected chi connectivity index (χ4v) is 2.83. The number of esters is 1. The lowest BCUT2D eigenvalue weighted by Gasteiger charge is -2.14. The molecule has 0 bridgehead atoms. The van der Waals surface area contributed by atoms with Gasteiger partial charge in [0, 0.05) is 10.6 Å². The van der Waals surface area contributed by atoms with E-state index in [0.29, 0.717) is 0 Å². The molecule has 1 aromatic rings. The predicted molar refractivity (Wildman–Crippen MR) is 76.8 cm³/mol. The first kappa shape index (κ1) is 14.9. The third-order valence-electron chi connectivity index (χ3n) is 2.80. The maximum atomic E-state index is 11.7. The lowest BCUT2D eigenvalue weighted by molar-refractivity contribution is -0.140. The van der Waals surface area contributed by atoms with Gasteiger partial charge in [0.1, 0.15) is 5.25 Å². The number of nitrogen functional groups attached to an aromatic ring is 1. The molecule has 0 fully saturated rings. The second-order valence-corrected chi connectivity index (χ2v) is 5.57. The number of carbonyl (C=O) groups is 1. The molecule has 100 valence electrons. The summed E-state index contributed by atoms with van der Waals surface area (Å²) in [4.78, 5) is 12.8. The zero-order chi connectivity index (χ0) is 13.5. The Morgan fingerprint density at radius 3 is 2.78 bits per heavy atom. The fourth-order valence-electron chi connectivity index (χ4n) is 1.63. The van der Waals surface area contributed by atoms with Gasteiger partial charge in [-0.05, 0) is 37.1 Å². The molecule has 0 saturated heterocycles. The highest BCUT2D eigenvalue weighted by Gasteiger charge is 2.20. The van der Waals surface area contributed by atoms with Crippen molar-refractivity contribution in [2.75, 3.05) is 12.8 Å². The minimum Gasteiger partial charge on any atom is -0.468 e. The molecule has 0 aliphatic heterocycles. The number of unbranched alkanes of at least 4 members (excludes halogenated alkanes) is 1. The van der Waals surface area contributed by atoms with Gasteiger partial charge in [0.2, 0.25) is 0 Å². The number of nitrogens with two attached hydrogens (primary N) is 1. The summed E-state index contributed by atoms with van der Waals surface area (Å²) in [7, 11) is 1.44. The molecule has 0 heterocycles. The van der Waals surface area contributed by atoms with Crippen LogP contribution in [0.3, 0.4) is 0 Å². The summed E-state index contributed by atoms with van der Waals surface area (Å²) in [5.41, 5.74) is 7.61. The molecule has 1 rings (SSSR count). The molecule has 0 aliphatic carbocycles. The minimum absolute atomic E-state index is 0.127. The average Bonchev–Trinajstić information content (AvgIpc) is 2.37. The first-order valence-corrected chi connectivity index (χ1v) is 7.07. The van der Waals surface area contributed by atoms with E-state index >= 15 is 0 Å². The smallest absolute Gasteiger partial charge is 0.319 e. The fraction of sp³-hybridized carbons (Fsp3) is 0.500. The zero-order valence-corrected chi connectivity index (χ0v) is 12.0. The topological polar surface area (TPSA) is 52.3 Å². The zero-order valence-electron chi connectivity index (χ0n) is 11.2. The molecule has 0 radical (unpaired) electrons. The maximum Gasteiger partial charge on any atom is 0.319 e. The van der Waals surface area contributed by atoms with Crippen molar-refractivity contribution in [2.45, 2.75) is 43.3 Å². The van der Waals surface area contributed by atoms with Crippen molar-refractivity contribution in [3.05, 3.63) is 23.8 Å². The molecule has 0 spiro atoms. The van der Waals surface area contributed by atoms with Crippen molar-refractivity contribution in [1.82, 2.24) is 0 Å². The van der Waals surface area contributed by atoms with E-state index in [9.17, 15) is 4.79 Å². The maximum absolute atomic E-state index is 11.7. The predicted octanol–water partition coefficient (Wildman–Crippen LogP) is 3.40. The molecule has 0 aliphatic rings. The van der Waals surface area contributed by atoms with E-state index < -0.39 is 0 Å². The third-order valence-corrected chi connectivity index (χ3v) is 4.04. The Kier molecular flexibility index (Phi) is 6.05. The Morgan fingerprint density at radius 1 is 1.50 bits per heavy atom. The normalized spacial score (nSPS) is 12.2. The highest BCUT2D eigenvalue weighted by molar-refractivity contribution is 8.00. The van der Waals surface area contributed by atoms with Gasteiger partial charge in [-0.1, -0.05) is 19.8 Å². The second kappa shape index (κ2) is 7.31. The molecule has 1 atom stereocenters. The summed E-state index contributed by atoms with van der Waals surface area (Å²) in [6.07, 6.45) is 2.95. The quantitative estimate of drug-likeness (QED) is 0.487. The standard InChI is InChI=1S/C14H21NO2S/c1-4-5-6-13(14(16)17-3)18-11-7-8-12(15)10(2)9-11/h7-9,13H,4-6,15H2,1-3H3. The number of ether oxygens (including phenoxy) is 1. The van der Waals surface area contributed by atoms with Gasteiger partial charge < -0.3 is 10.5 Å². The molecule has 18 heavy (non-hydrogen) atoms. The molecule has 4 heteroatoms. The number of hydrogen-bond acceptors (Lipinski definition) is 4. The van der Waals surface area contributed by atoms with Crippen molar-refractivity contribution in [3.63, 3.8) is 0 Å². The van der Waals surface area contributed by atoms with Gasteiger partial charge >= 0.3 is 5.97 Å². The van der Waals surface area contributed by atoms with Gasteiger partial charge in [0.25, 0.3) is 0 Å². The third kappa shape index (κ3) is 4.26. The van der Waals surface area contributed by atoms with E-state index in [1.165, 1.54) is 7.11 Å². The molecular weight excluding hydrogens is 246 g/mol. The van der Waals surface area contributed by atoms with Crippen LogP contribution in [0.2, 0.25) is 0 Å². The number of thioether (sulfide) groups is 1. The Balaban J connectivity index is 2.75. The van der Waals surface area contributed by atoms with E-state index in [0.717, 1.165) is 35.4 Å². The number of rotatable bonds is 6. The van der Waals surface area contributed by atoms with Crippen molar-refractivity contribution in [2.24, 2.45) is 0 Å². The monoisotopic (exact) mass is 267 g/mol. The van der Waals surface area contributed by atoms with E-state index in [1.807, 2.05) is 25.1 Å². The molecule has 1 aromatic carbocycles. The lowest BCUT2D eigenvalue weighted by Crippen LogP contribution is -2.18. The summed E-state index contributed by atoms with van der Waals surface area (Å²) >= 11 is 1.55. The number of methoxy groups -OCH3 is 1.